The molecule has 8 heteroatoms. The quantitative estimate of drug-likeness (QED) is 0.379. The van der Waals surface area contributed by atoms with E-state index in [1.54, 1.807) is 0 Å². The van der Waals surface area contributed by atoms with Crippen molar-refractivity contribution in [2.45, 2.75) is 50.5 Å². The van der Waals surface area contributed by atoms with Gasteiger partial charge in [0.15, 0.2) is 5.96 Å². The molecule has 4 aliphatic rings. The fourth-order valence-corrected chi connectivity index (χ4v) is 5.24. The summed E-state index contributed by atoms with van der Waals surface area (Å²) >= 11 is 0. The molecule has 4 aliphatic heterocycles. The van der Waals surface area contributed by atoms with Gasteiger partial charge in [-0.2, -0.15) is 0 Å². The van der Waals surface area contributed by atoms with E-state index < -0.39 is 0 Å². The van der Waals surface area contributed by atoms with E-state index in [1.807, 2.05) is 25.4 Å². The third-order valence-electron chi connectivity index (χ3n) is 6.67. The molecule has 4 unspecified atom stereocenters. The van der Waals surface area contributed by atoms with Crippen LogP contribution in [0.15, 0.2) is 23.3 Å². The first-order chi connectivity index (χ1) is 13.8. The van der Waals surface area contributed by atoms with Crippen molar-refractivity contribution in [2.75, 3.05) is 33.4 Å². The second-order valence-electron chi connectivity index (χ2n) is 8.36. The molecule has 0 spiro atoms. The highest BCUT2D eigenvalue weighted by Gasteiger charge is 2.53. The lowest BCUT2D eigenvalue weighted by Crippen LogP contribution is -2.41. The lowest BCUT2D eigenvalue weighted by molar-refractivity contribution is 0.0237. The number of likely N-dealkylation sites (tertiary alicyclic amines) is 1. The van der Waals surface area contributed by atoms with Gasteiger partial charge in [-0.05, 0) is 24.5 Å². The van der Waals surface area contributed by atoms with E-state index in [9.17, 15) is 0 Å². The molecular weight excluding hydrogens is 483 g/mol. The van der Waals surface area contributed by atoms with E-state index >= 15 is 0 Å². The minimum atomic E-state index is 0. The summed E-state index contributed by atoms with van der Waals surface area (Å²) in [5.41, 5.74) is 1.15. The highest BCUT2D eigenvalue weighted by atomic mass is 127. The van der Waals surface area contributed by atoms with E-state index in [4.69, 9.17) is 14.2 Å². The van der Waals surface area contributed by atoms with Gasteiger partial charge in [0, 0.05) is 63.6 Å². The van der Waals surface area contributed by atoms with Gasteiger partial charge < -0.3 is 24.4 Å². The number of aliphatic imine (C=N–C) groups is 1. The Morgan fingerprint density at radius 2 is 1.93 bits per heavy atom. The van der Waals surface area contributed by atoms with E-state index in [-0.39, 0.29) is 30.1 Å². The molecule has 1 aromatic heterocycles. The highest BCUT2D eigenvalue weighted by Crippen LogP contribution is 2.47. The molecule has 5 heterocycles. The molecular formula is C21H31IN4O3. The molecule has 4 saturated heterocycles. The summed E-state index contributed by atoms with van der Waals surface area (Å²) in [7, 11) is 1.87. The SMILES string of the molecule is CN=C(NCc1ccnc(OC2CCOCC2)c1)N1CC2C3CCC(O3)C2C1.I. The number of nitrogens with zero attached hydrogens (tertiary/aromatic N) is 3. The molecule has 5 rings (SSSR count). The Morgan fingerprint density at radius 3 is 2.62 bits per heavy atom. The van der Waals surface area contributed by atoms with Crippen molar-refractivity contribution in [2.24, 2.45) is 16.8 Å². The van der Waals surface area contributed by atoms with Crippen LogP contribution in [0.4, 0.5) is 0 Å². The zero-order valence-corrected chi connectivity index (χ0v) is 19.3. The fraction of sp³-hybridized carbons (Fsp3) is 0.714. The van der Waals surface area contributed by atoms with Crippen LogP contribution in [-0.2, 0) is 16.0 Å². The van der Waals surface area contributed by atoms with Crippen LogP contribution in [0.5, 0.6) is 5.88 Å². The van der Waals surface area contributed by atoms with Crippen LogP contribution in [0.1, 0.15) is 31.2 Å². The molecule has 29 heavy (non-hydrogen) atoms. The molecule has 0 saturated carbocycles. The van der Waals surface area contributed by atoms with E-state index in [0.29, 0.717) is 36.5 Å². The van der Waals surface area contributed by atoms with Gasteiger partial charge in [-0.3, -0.25) is 4.99 Å². The number of ether oxygens (including phenoxy) is 3. The van der Waals surface area contributed by atoms with Gasteiger partial charge >= 0.3 is 0 Å². The van der Waals surface area contributed by atoms with Crippen LogP contribution in [0.25, 0.3) is 0 Å². The van der Waals surface area contributed by atoms with E-state index in [1.165, 1.54) is 12.8 Å². The maximum atomic E-state index is 6.09. The van der Waals surface area contributed by atoms with Crippen LogP contribution < -0.4 is 10.1 Å². The van der Waals surface area contributed by atoms with Crippen molar-refractivity contribution in [3.05, 3.63) is 23.9 Å². The summed E-state index contributed by atoms with van der Waals surface area (Å²) in [5, 5.41) is 3.53. The molecule has 1 N–H and O–H groups in total. The second kappa shape index (κ2) is 9.34. The summed E-state index contributed by atoms with van der Waals surface area (Å²) in [4.78, 5) is 11.3. The topological polar surface area (TPSA) is 68.2 Å². The minimum absolute atomic E-state index is 0. The van der Waals surface area contributed by atoms with Gasteiger partial charge in [0.25, 0.3) is 0 Å². The lowest BCUT2D eigenvalue weighted by Gasteiger charge is -2.24. The zero-order chi connectivity index (χ0) is 18.9. The predicted molar refractivity (Wildman–Crippen MR) is 121 cm³/mol. The first kappa shape index (κ1) is 21.1. The van der Waals surface area contributed by atoms with Crippen molar-refractivity contribution < 1.29 is 14.2 Å². The lowest BCUT2D eigenvalue weighted by atomic mass is 9.82. The maximum absolute atomic E-state index is 6.09. The number of nitrogens with one attached hydrogen (secondary N) is 1. The predicted octanol–water partition coefficient (Wildman–Crippen LogP) is 2.44. The molecule has 1 aromatic rings. The van der Waals surface area contributed by atoms with Crippen LogP contribution in [0.2, 0.25) is 0 Å². The molecule has 2 bridgehead atoms. The van der Waals surface area contributed by atoms with Gasteiger partial charge in [0.2, 0.25) is 5.88 Å². The van der Waals surface area contributed by atoms with Gasteiger partial charge in [-0.15, -0.1) is 24.0 Å². The van der Waals surface area contributed by atoms with Crippen molar-refractivity contribution >= 4 is 29.9 Å². The largest absolute Gasteiger partial charge is 0.474 e. The molecule has 0 radical (unpaired) electrons. The van der Waals surface area contributed by atoms with Crippen molar-refractivity contribution in [1.29, 1.82) is 0 Å². The number of rotatable bonds is 4. The van der Waals surface area contributed by atoms with Crippen LogP contribution in [-0.4, -0.2) is 67.5 Å². The average molecular weight is 514 g/mol. The number of pyridine rings is 1. The molecule has 160 valence electrons. The Labute approximate surface area is 189 Å². The Hall–Kier alpha value is -1.13. The Bertz CT molecular complexity index is 710. The summed E-state index contributed by atoms with van der Waals surface area (Å²) in [6.07, 6.45) is 7.31. The Balaban J connectivity index is 0.00000205. The number of fused-ring (bicyclic) bond motifs is 5. The number of hydrogen-bond acceptors (Lipinski definition) is 5. The van der Waals surface area contributed by atoms with E-state index in [0.717, 1.165) is 50.7 Å². The highest BCUT2D eigenvalue weighted by molar-refractivity contribution is 14.0. The third kappa shape index (κ3) is 4.49. The van der Waals surface area contributed by atoms with E-state index in [2.05, 4.69) is 20.2 Å². The zero-order valence-electron chi connectivity index (χ0n) is 17.0. The summed E-state index contributed by atoms with van der Waals surface area (Å²) in [5.74, 6) is 3.04. The molecule has 0 amide bonds. The Morgan fingerprint density at radius 1 is 1.21 bits per heavy atom. The van der Waals surface area contributed by atoms with Gasteiger partial charge in [0.05, 0.1) is 25.4 Å². The minimum Gasteiger partial charge on any atom is -0.474 e. The molecule has 4 atom stereocenters. The van der Waals surface area contributed by atoms with Crippen molar-refractivity contribution in [1.82, 2.24) is 15.2 Å². The summed E-state index contributed by atoms with van der Waals surface area (Å²) in [6, 6.07) is 4.06. The number of halogens is 1. The van der Waals surface area contributed by atoms with Crippen LogP contribution in [0, 0.1) is 11.8 Å². The Kier molecular flexibility index (Phi) is 6.80. The number of guanidine groups is 1. The number of aromatic nitrogens is 1. The second-order valence-corrected chi connectivity index (χ2v) is 8.36. The van der Waals surface area contributed by atoms with Crippen LogP contribution >= 0.6 is 24.0 Å². The summed E-state index contributed by atoms with van der Waals surface area (Å²) < 4.78 is 17.5. The van der Waals surface area contributed by atoms with Gasteiger partial charge in [-0.25, -0.2) is 4.98 Å². The molecule has 0 aliphatic carbocycles. The number of hydrogen-bond donors (Lipinski definition) is 1. The smallest absolute Gasteiger partial charge is 0.213 e. The van der Waals surface area contributed by atoms with Crippen LogP contribution in [0.3, 0.4) is 0 Å². The first-order valence-electron chi connectivity index (χ1n) is 10.6. The maximum Gasteiger partial charge on any atom is 0.213 e. The molecule has 4 fully saturated rings. The van der Waals surface area contributed by atoms with Gasteiger partial charge in [-0.1, -0.05) is 0 Å². The fourth-order valence-electron chi connectivity index (χ4n) is 5.24. The molecule has 7 nitrogen and oxygen atoms in total. The summed E-state index contributed by atoms with van der Waals surface area (Å²) in [6.45, 7) is 4.37. The average Bonchev–Trinajstić information content (AvgIpc) is 3.43. The van der Waals surface area contributed by atoms with Gasteiger partial charge in [0.1, 0.15) is 6.10 Å². The standard InChI is InChI=1S/C21H30N4O3.HI/c1-22-21(25-12-16-17(13-25)19-3-2-18(16)28-19)24-11-14-4-7-23-20(10-14)27-15-5-8-26-9-6-15;/h4,7,10,15-19H,2-3,5-6,8-9,11-13H2,1H3,(H,22,24);1H. The normalized spacial score (nSPS) is 31.5. The first-order valence-corrected chi connectivity index (χ1v) is 10.6. The van der Waals surface area contributed by atoms with Crippen molar-refractivity contribution in [3.8, 4) is 5.88 Å². The monoisotopic (exact) mass is 514 g/mol. The molecule has 0 aromatic carbocycles. The third-order valence-corrected chi connectivity index (χ3v) is 6.67. The van der Waals surface area contributed by atoms with Crippen molar-refractivity contribution in [3.63, 3.8) is 0 Å².